The zero-order valence-corrected chi connectivity index (χ0v) is 18.6. The number of benzene rings is 3. The topological polar surface area (TPSA) is 25.4 Å². The lowest BCUT2D eigenvalue weighted by Gasteiger charge is -2.07. The third kappa shape index (κ3) is 4.52. The molecule has 0 N–H and O–H groups in total. The third-order valence-electron chi connectivity index (χ3n) is 5.99. The Bertz CT molecular complexity index is 1360. The SMILES string of the molecule is CCc1ccc(-c2ccc(/C=C/c3ccc(-c4ccc(C5CO5)cc4F)cc3)c(F)c2F)cn1. The minimum atomic E-state index is -0.910. The van der Waals surface area contributed by atoms with Gasteiger partial charge in [0, 0.05) is 34.1 Å². The molecular formula is C29H22F3NO. The Hall–Kier alpha value is -3.70. The molecule has 1 fully saturated rings. The molecule has 1 aromatic heterocycles. The van der Waals surface area contributed by atoms with E-state index in [4.69, 9.17) is 4.74 Å². The van der Waals surface area contributed by atoms with Crippen molar-refractivity contribution in [2.45, 2.75) is 19.4 Å². The Kier molecular flexibility index (Phi) is 6.03. The van der Waals surface area contributed by atoms with Gasteiger partial charge in [-0.15, -0.1) is 0 Å². The summed E-state index contributed by atoms with van der Waals surface area (Å²) in [5.41, 5.74) is 4.62. The highest BCUT2D eigenvalue weighted by Crippen LogP contribution is 2.33. The summed E-state index contributed by atoms with van der Waals surface area (Å²) in [7, 11) is 0. The molecular weight excluding hydrogens is 435 g/mol. The molecule has 0 bridgehead atoms. The number of nitrogens with zero attached hydrogens (tertiary/aromatic N) is 1. The number of halogens is 3. The van der Waals surface area contributed by atoms with E-state index in [-0.39, 0.29) is 23.0 Å². The quantitative estimate of drug-likeness (QED) is 0.220. The van der Waals surface area contributed by atoms with E-state index in [9.17, 15) is 13.2 Å². The summed E-state index contributed by atoms with van der Waals surface area (Å²) in [6.07, 6.45) is 5.57. The Balaban J connectivity index is 1.34. The van der Waals surface area contributed by atoms with Gasteiger partial charge in [0.1, 0.15) is 11.9 Å². The van der Waals surface area contributed by atoms with Crippen LogP contribution in [0.15, 0.2) is 72.9 Å². The summed E-state index contributed by atoms with van der Waals surface area (Å²) >= 11 is 0. The summed E-state index contributed by atoms with van der Waals surface area (Å²) < 4.78 is 49.2. The van der Waals surface area contributed by atoms with Crippen molar-refractivity contribution >= 4 is 12.2 Å². The lowest BCUT2D eigenvalue weighted by Crippen LogP contribution is -1.94. The molecule has 4 aromatic rings. The van der Waals surface area contributed by atoms with Gasteiger partial charge in [0.2, 0.25) is 0 Å². The second-order valence-electron chi connectivity index (χ2n) is 8.24. The molecule has 34 heavy (non-hydrogen) atoms. The first-order valence-corrected chi connectivity index (χ1v) is 11.2. The Morgan fingerprint density at radius 3 is 2.24 bits per heavy atom. The van der Waals surface area contributed by atoms with Crippen LogP contribution in [0.2, 0.25) is 0 Å². The van der Waals surface area contributed by atoms with Crippen LogP contribution in [-0.4, -0.2) is 11.6 Å². The summed E-state index contributed by atoms with van der Waals surface area (Å²) in [6.45, 7) is 2.62. The standard InChI is InChI=1S/C29H22F3NO/c1-2-23-12-9-22(16-33-23)25-14-10-20(28(31)29(25)32)8-5-18-3-6-19(7-4-18)24-13-11-21(15-26(24)30)27-17-34-27/h3-16,27H,2,17H2,1H3/b8-5+. The van der Waals surface area contributed by atoms with Crippen molar-refractivity contribution in [2.24, 2.45) is 0 Å². The van der Waals surface area contributed by atoms with Gasteiger partial charge >= 0.3 is 0 Å². The number of rotatable bonds is 6. The first kappa shape index (κ1) is 22.1. The summed E-state index contributed by atoms with van der Waals surface area (Å²) in [4.78, 5) is 4.26. The van der Waals surface area contributed by atoms with Crippen LogP contribution < -0.4 is 0 Å². The number of hydrogen-bond acceptors (Lipinski definition) is 2. The Labute approximate surface area is 196 Å². The van der Waals surface area contributed by atoms with Crippen molar-refractivity contribution in [3.63, 3.8) is 0 Å². The van der Waals surface area contributed by atoms with Crippen LogP contribution >= 0.6 is 0 Å². The van der Waals surface area contributed by atoms with Crippen LogP contribution in [0.5, 0.6) is 0 Å². The molecule has 5 rings (SSSR count). The highest BCUT2D eigenvalue weighted by atomic mass is 19.2. The zero-order valence-electron chi connectivity index (χ0n) is 18.6. The van der Waals surface area contributed by atoms with Gasteiger partial charge in [-0.05, 0) is 35.2 Å². The first-order valence-electron chi connectivity index (χ1n) is 11.2. The maximum atomic E-state index is 14.7. The molecule has 2 nitrogen and oxygen atoms in total. The van der Waals surface area contributed by atoms with Crippen molar-refractivity contribution in [2.75, 3.05) is 6.61 Å². The second-order valence-corrected chi connectivity index (χ2v) is 8.24. The van der Waals surface area contributed by atoms with Gasteiger partial charge in [0.15, 0.2) is 11.6 Å². The average molecular weight is 457 g/mol. The van der Waals surface area contributed by atoms with Crippen molar-refractivity contribution < 1.29 is 17.9 Å². The highest BCUT2D eigenvalue weighted by molar-refractivity contribution is 5.74. The van der Waals surface area contributed by atoms with Gasteiger partial charge in [0.05, 0.1) is 6.61 Å². The number of pyridine rings is 1. The van der Waals surface area contributed by atoms with Crippen LogP contribution in [0.25, 0.3) is 34.4 Å². The van der Waals surface area contributed by atoms with E-state index in [1.165, 1.54) is 12.1 Å². The van der Waals surface area contributed by atoms with E-state index in [0.717, 1.165) is 28.8 Å². The third-order valence-corrected chi connectivity index (χ3v) is 5.99. The first-order chi connectivity index (χ1) is 16.5. The Morgan fingerprint density at radius 2 is 1.59 bits per heavy atom. The number of aromatic nitrogens is 1. The second kappa shape index (κ2) is 9.27. The largest absolute Gasteiger partial charge is 0.368 e. The molecule has 1 atom stereocenters. The molecule has 5 heteroatoms. The van der Waals surface area contributed by atoms with Crippen LogP contribution in [0.1, 0.15) is 35.4 Å². The average Bonchev–Trinajstić information content (AvgIpc) is 3.71. The fourth-order valence-corrected chi connectivity index (χ4v) is 3.88. The molecule has 1 saturated heterocycles. The van der Waals surface area contributed by atoms with Gasteiger partial charge in [0.25, 0.3) is 0 Å². The number of epoxide rings is 1. The molecule has 0 aliphatic carbocycles. The van der Waals surface area contributed by atoms with Crippen LogP contribution in [-0.2, 0) is 11.2 Å². The van der Waals surface area contributed by atoms with E-state index < -0.39 is 11.6 Å². The molecule has 0 saturated carbocycles. The van der Waals surface area contributed by atoms with Gasteiger partial charge < -0.3 is 4.74 Å². The number of ether oxygens (including phenoxy) is 1. The fourth-order valence-electron chi connectivity index (χ4n) is 3.88. The molecule has 1 aliphatic rings. The fraction of sp³-hybridized carbons (Fsp3) is 0.138. The Morgan fingerprint density at radius 1 is 0.853 bits per heavy atom. The zero-order chi connectivity index (χ0) is 23.7. The maximum Gasteiger partial charge on any atom is 0.167 e. The van der Waals surface area contributed by atoms with Crippen molar-refractivity contribution in [3.8, 4) is 22.3 Å². The summed E-state index contributed by atoms with van der Waals surface area (Å²) in [6, 6.07) is 19.0. The van der Waals surface area contributed by atoms with E-state index in [1.807, 2.05) is 31.2 Å². The van der Waals surface area contributed by atoms with Crippen LogP contribution in [0, 0.1) is 17.5 Å². The maximum absolute atomic E-state index is 14.7. The molecule has 170 valence electrons. The minimum Gasteiger partial charge on any atom is -0.368 e. The minimum absolute atomic E-state index is 0.00800. The van der Waals surface area contributed by atoms with Crippen molar-refractivity contribution in [3.05, 3.63) is 113 Å². The van der Waals surface area contributed by atoms with E-state index in [0.29, 0.717) is 17.7 Å². The summed E-state index contributed by atoms with van der Waals surface area (Å²) in [5, 5.41) is 0. The van der Waals surface area contributed by atoms with Crippen LogP contribution in [0.4, 0.5) is 13.2 Å². The smallest absolute Gasteiger partial charge is 0.167 e. The van der Waals surface area contributed by atoms with E-state index >= 15 is 0 Å². The van der Waals surface area contributed by atoms with E-state index in [2.05, 4.69) is 4.98 Å². The lowest BCUT2D eigenvalue weighted by molar-refractivity contribution is 0.415. The molecule has 1 aliphatic heterocycles. The van der Waals surface area contributed by atoms with Crippen LogP contribution in [0.3, 0.4) is 0 Å². The molecule has 0 amide bonds. The number of aryl methyl sites for hydroxylation is 1. The van der Waals surface area contributed by atoms with Gasteiger partial charge in [-0.25, -0.2) is 13.2 Å². The van der Waals surface area contributed by atoms with Gasteiger partial charge in [-0.1, -0.05) is 73.7 Å². The predicted molar refractivity (Wildman–Crippen MR) is 128 cm³/mol. The summed E-state index contributed by atoms with van der Waals surface area (Å²) in [5.74, 6) is -2.11. The lowest BCUT2D eigenvalue weighted by atomic mass is 10.00. The highest BCUT2D eigenvalue weighted by Gasteiger charge is 2.25. The van der Waals surface area contributed by atoms with Gasteiger partial charge in [-0.2, -0.15) is 0 Å². The van der Waals surface area contributed by atoms with Crippen molar-refractivity contribution in [1.82, 2.24) is 4.98 Å². The molecule has 1 unspecified atom stereocenters. The molecule has 0 radical (unpaired) electrons. The predicted octanol–water partition coefficient (Wildman–Crippen LogP) is 7.64. The number of hydrogen-bond donors (Lipinski definition) is 0. The van der Waals surface area contributed by atoms with Crippen molar-refractivity contribution in [1.29, 1.82) is 0 Å². The van der Waals surface area contributed by atoms with E-state index in [1.54, 1.807) is 48.7 Å². The normalized spacial score (nSPS) is 15.1. The molecule has 3 aromatic carbocycles. The van der Waals surface area contributed by atoms with Gasteiger partial charge in [-0.3, -0.25) is 4.98 Å². The monoisotopic (exact) mass is 457 g/mol. The molecule has 2 heterocycles. The molecule has 0 spiro atoms.